The van der Waals surface area contributed by atoms with Crippen molar-refractivity contribution in [3.63, 3.8) is 0 Å². The maximum absolute atomic E-state index is 12.3. The molecule has 0 amide bonds. The van der Waals surface area contributed by atoms with Gasteiger partial charge in [-0.3, -0.25) is 4.68 Å². The lowest BCUT2D eigenvalue weighted by Gasteiger charge is -2.51. The van der Waals surface area contributed by atoms with Crippen LogP contribution < -0.4 is 4.72 Å². The SMILES string of the molecule is Cn1cc(S(=O)(=O)NC2CCC23CCOCC3)cn1. The molecule has 1 aliphatic carbocycles. The minimum absolute atomic E-state index is 0.0432. The Labute approximate surface area is 113 Å². The van der Waals surface area contributed by atoms with E-state index in [1.165, 1.54) is 17.1 Å². The lowest BCUT2D eigenvalue weighted by atomic mass is 9.60. The van der Waals surface area contributed by atoms with Gasteiger partial charge in [-0.25, -0.2) is 13.1 Å². The molecule has 2 heterocycles. The molecule has 1 saturated carbocycles. The van der Waals surface area contributed by atoms with Crippen LogP contribution in [0.1, 0.15) is 25.7 Å². The van der Waals surface area contributed by atoms with E-state index in [9.17, 15) is 8.42 Å². The van der Waals surface area contributed by atoms with E-state index in [4.69, 9.17) is 4.74 Å². The number of aryl methyl sites for hydroxylation is 1. The van der Waals surface area contributed by atoms with Crippen LogP contribution in [0.15, 0.2) is 17.3 Å². The quantitative estimate of drug-likeness (QED) is 0.885. The van der Waals surface area contributed by atoms with Gasteiger partial charge in [-0.05, 0) is 31.1 Å². The summed E-state index contributed by atoms with van der Waals surface area (Å²) in [6.45, 7) is 1.48. The average molecular weight is 285 g/mol. The monoisotopic (exact) mass is 285 g/mol. The van der Waals surface area contributed by atoms with Crippen molar-refractivity contribution in [1.29, 1.82) is 0 Å². The summed E-state index contributed by atoms with van der Waals surface area (Å²) in [5.74, 6) is 0. The molecule has 19 heavy (non-hydrogen) atoms. The smallest absolute Gasteiger partial charge is 0.243 e. The van der Waals surface area contributed by atoms with Crippen molar-refractivity contribution in [2.24, 2.45) is 12.5 Å². The van der Waals surface area contributed by atoms with Crippen molar-refractivity contribution in [1.82, 2.24) is 14.5 Å². The second kappa shape index (κ2) is 4.57. The minimum Gasteiger partial charge on any atom is -0.381 e. The number of nitrogens with zero attached hydrogens (tertiary/aromatic N) is 2. The van der Waals surface area contributed by atoms with Crippen molar-refractivity contribution < 1.29 is 13.2 Å². The summed E-state index contributed by atoms with van der Waals surface area (Å²) in [6.07, 6.45) is 6.83. The number of sulfonamides is 1. The molecule has 6 nitrogen and oxygen atoms in total. The molecule has 2 aliphatic rings. The second-order valence-corrected chi connectivity index (χ2v) is 7.25. The van der Waals surface area contributed by atoms with Crippen molar-refractivity contribution in [2.45, 2.75) is 36.6 Å². The number of ether oxygens (including phenoxy) is 1. The average Bonchev–Trinajstić information content (AvgIpc) is 2.84. The zero-order chi connectivity index (χ0) is 13.5. The Bertz CT molecular complexity index is 561. The molecule has 3 rings (SSSR count). The molecule has 1 unspecified atom stereocenters. The third kappa shape index (κ3) is 2.30. The molecular formula is C12H19N3O3S. The van der Waals surface area contributed by atoms with Crippen LogP contribution in [-0.4, -0.2) is 37.5 Å². The van der Waals surface area contributed by atoms with Crippen LogP contribution >= 0.6 is 0 Å². The zero-order valence-electron chi connectivity index (χ0n) is 11.0. The number of nitrogens with one attached hydrogen (secondary N) is 1. The van der Waals surface area contributed by atoms with Gasteiger partial charge >= 0.3 is 0 Å². The first-order valence-corrected chi connectivity index (χ1v) is 8.09. The van der Waals surface area contributed by atoms with E-state index in [-0.39, 0.29) is 16.4 Å². The Morgan fingerprint density at radius 3 is 2.68 bits per heavy atom. The number of hydrogen-bond acceptors (Lipinski definition) is 4. The van der Waals surface area contributed by atoms with Gasteiger partial charge in [-0.15, -0.1) is 0 Å². The van der Waals surface area contributed by atoms with E-state index in [1.54, 1.807) is 7.05 Å². The molecule has 1 atom stereocenters. The van der Waals surface area contributed by atoms with Crippen molar-refractivity contribution >= 4 is 10.0 Å². The van der Waals surface area contributed by atoms with E-state index in [2.05, 4.69) is 9.82 Å². The molecule has 1 aromatic heterocycles. The van der Waals surface area contributed by atoms with Crippen LogP contribution in [0.25, 0.3) is 0 Å². The first-order valence-electron chi connectivity index (χ1n) is 6.61. The van der Waals surface area contributed by atoms with Crippen LogP contribution in [0.4, 0.5) is 0 Å². The van der Waals surface area contributed by atoms with Gasteiger partial charge in [-0.1, -0.05) is 0 Å². The first-order chi connectivity index (χ1) is 9.02. The predicted molar refractivity (Wildman–Crippen MR) is 69.0 cm³/mol. The maximum atomic E-state index is 12.3. The fourth-order valence-electron chi connectivity index (χ4n) is 3.05. The zero-order valence-corrected chi connectivity index (χ0v) is 11.8. The number of aromatic nitrogens is 2. The normalized spacial score (nSPS) is 26.3. The summed E-state index contributed by atoms with van der Waals surface area (Å²) in [6, 6.07) is 0.0432. The summed E-state index contributed by atoms with van der Waals surface area (Å²) in [4.78, 5) is 0.240. The molecule has 106 valence electrons. The molecule has 1 spiro atoms. The molecule has 7 heteroatoms. The topological polar surface area (TPSA) is 73.2 Å². The van der Waals surface area contributed by atoms with E-state index in [0.717, 1.165) is 38.9 Å². The predicted octanol–water partition coefficient (Wildman–Crippen LogP) is 0.658. The van der Waals surface area contributed by atoms with Crippen molar-refractivity contribution in [3.8, 4) is 0 Å². The molecule has 1 saturated heterocycles. The van der Waals surface area contributed by atoms with Crippen molar-refractivity contribution in [2.75, 3.05) is 13.2 Å². The molecule has 1 aromatic rings. The second-order valence-electron chi connectivity index (χ2n) is 5.54. The first kappa shape index (κ1) is 13.1. The lowest BCUT2D eigenvalue weighted by molar-refractivity contribution is -0.0483. The van der Waals surface area contributed by atoms with Crippen LogP contribution in [0.5, 0.6) is 0 Å². The maximum Gasteiger partial charge on any atom is 0.243 e. The van der Waals surface area contributed by atoms with Crippen LogP contribution in [0.3, 0.4) is 0 Å². The van der Waals surface area contributed by atoms with Crippen LogP contribution in [0, 0.1) is 5.41 Å². The molecule has 1 aliphatic heterocycles. The summed E-state index contributed by atoms with van der Waals surface area (Å²) in [5.41, 5.74) is 0.119. The van der Waals surface area contributed by atoms with Gasteiger partial charge in [0.25, 0.3) is 0 Å². The Kier molecular flexibility index (Phi) is 3.15. The highest BCUT2D eigenvalue weighted by molar-refractivity contribution is 7.89. The van der Waals surface area contributed by atoms with E-state index >= 15 is 0 Å². The highest BCUT2D eigenvalue weighted by Crippen LogP contribution is 2.49. The van der Waals surface area contributed by atoms with Gasteiger partial charge in [0, 0.05) is 32.5 Å². The van der Waals surface area contributed by atoms with E-state index < -0.39 is 10.0 Å². The van der Waals surface area contributed by atoms with Gasteiger partial charge < -0.3 is 4.74 Å². The Hall–Kier alpha value is -0.920. The molecule has 0 aromatic carbocycles. The van der Waals surface area contributed by atoms with Gasteiger partial charge in [0.15, 0.2) is 0 Å². The Balaban J connectivity index is 1.74. The van der Waals surface area contributed by atoms with Crippen LogP contribution in [-0.2, 0) is 21.8 Å². The summed E-state index contributed by atoms with van der Waals surface area (Å²) in [7, 11) is -1.74. The summed E-state index contributed by atoms with van der Waals surface area (Å²) >= 11 is 0. The molecule has 0 radical (unpaired) electrons. The molecule has 1 N–H and O–H groups in total. The Morgan fingerprint density at radius 1 is 1.42 bits per heavy atom. The minimum atomic E-state index is -3.45. The van der Waals surface area contributed by atoms with Crippen LogP contribution in [0.2, 0.25) is 0 Å². The van der Waals surface area contributed by atoms with Gasteiger partial charge in [0.05, 0.1) is 6.20 Å². The summed E-state index contributed by atoms with van der Waals surface area (Å²) < 4.78 is 34.3. The standard InChI is InChI=1S/C12H19N3O3S/c1-15-9-10(8-13-15)19(16,17)14-11-2-3-12(11)4-6-18-7-5-12/h8-9,11,14H,2-7H2,1H3. The highest BCUT2D eigenvalue weighted by Gasteiger charge is 2.48. The number of rotatable bonds is 3. The van der Waals surface area contributed by atoms with Crippen molar-refractivity contribution in [3.05, 3.63) is 12.4 Å². The fourth-order valence-corrected chi connectivity index (χ4v) is 4.41. The molecule has 2 fully saturated rings. The molecule has 0 bridgehead atoms. The fraction of sp³-hybridized carbons (Fsp3) is 0.750. The van der Waals surface area contributed by atoms with E-state index in [1.807, 2.05) is 0 Å². The van der Waals surface area contributed by atoms with Gasteiger partial charge in [0.2, 0.25) is 10.0 Å². The third-order valence-corrected chi connectivity index (χ3v) is 5.87. The molecular weight excluding hydrogens is 266 g/mol. The number of hydrogen-bond donors (Lipinski definition) is 1. The summed E-state index contributed by atoms with van der Waals surface area (Å²) in [5, 5.41) is 3.92. The Morgan fingerprint density at radius 2 is 2.16 bits per heavy atom. The largest absolute Gasteiger partial charge is 0.381 e. The van der Waals surface area contributed by atoms with Gasteiger partial charge in [0.1, 0.15) is 4.90 Å². The highest BCUT2D eigenvalue weighted by atomic mass is 32.2. The third-order valence-electron chi connectivity index (χ3n) is 4.45. The van der Waals surface area contributed by atoms with E-state index in [0.29, 0.717) is 0 Å². The lowest BCUT2D eigenvalue weighted by Crippen LogP contribution is -2.57. The van der Waals surface area contributed by atoms with Gasteiger partial charge in [-0.2, -0.15) is 5.10 Å².